The van der Waals surface area contributed by atoms with Gasteiger partial charge in [0.25, 0.3) is 5.91 Å². The van der Waals surface area contributed by atoms with Gasteiger partial charge in [0.1, 0.15) is 6.04 Å². The lowest BCUT2D eigenvalue weighted by Gasteiger charge is -2.28. The number of amides is 1. The summed E-state index contributed by atoms with van der Waals surface area (Å²) in [6.45, 7) is 7.15. The Morgan fingerprint density at radius 1 is 1.32 bits per heavy atom. The highest BCUT2D eigenvalue weighted by atomic mass is 79.9. The van der Waals surface area contributed by atoms with Crippen molar-refractivity contribution in [3.63, 3.8) is 0 Å². The highest BCUT2D eigenvalue weighted by Gasteiger charge is 2.32. The molecule has 0 aliphatic heterocycles. The summed E-state index contributed by atoms with van der Waals surface area (Å²) < 4.78 is 0.882. The van der Waals surface area contributed by atoms with E-state index in [1.807, 2.05) is 13.0 Å². The van der Waals surface area contributed by atoms with Crippen LogP contribution in [0, 0.1) is 12.3 Å². The van der Waals surface area contributed by atoms with Crippen molar-refractivity contribution in [2.24, 2.45) is 5.41 Å². The minimum atomic E-state index is -1.03. The van der Waals surface area contributed by atoms with Crippen LogP contribution >= 0.6 is 15.9 Å². The summed E-state index contributed by atoms with van der Waals surface area (Å²) in [7, 11) is 0. The van der Waals surface area contributed by atoms with E-state index in [0.29, 0.717) is 5.56 Å². The second kappa shape index (κ2) is 5.74. The third-order valence-corrected chi connectivity index (χ3v) is 3.31. The number of carbonyl (C=O) groups is 2. The first-order valence-corrected chi connectivity index (χ1v) is 6.72. The van der Waals surface area contributed by atoms with Crippen LogP contribution in [0.15, 0.2) is 22.7 Å². The van der Waals surface area contributed by atoms with Gasteiger partial charge in [-0.3, -0.25) is 4.79 Å². The molecule has 1 rings (SSSR count). The first-order valence-electron chi connectivity index (χ1n) is 5.92. The zero-order valence-corrected chi connectivity index (χ0v) is 13.0. The second-order valence-electron chi connectivity index (χ2n) is 5.57. The molecule has 0 saturated heterocycles. The molecule has 4 nitrogen and oxygen atoms in total. The van der Waals surface area contributed by atoms with E-state index in [-0.39, 0.29) is 5.91 Å². The molecule has 0 bridgehead atoms. The number of hydrogen-bond donors (Lipinski definition) is 2. The Kier molecular flexibility index (Phi) is 4.74. The van der Waals surface area contributed by atoms with E-state index < -0.39 is 17.4 Å². The van der Waals surface area contributed by atoms with Gasteiger partial charge >= 0.3 is 5.97 Å². The van der Waals surface area contributed by atoms with Crippen molar-refractivity contribution in [3.8, 4) is 0 Å². The van der Waals surface area contributed by atoms with Crippen LogP contribution in [-0.2, 0) is 4.79 Å². The average Bonchev–Trinajstić information content (AvgIpc) is 2.23. The van der Waals surface area contributed by atoms with E-state index in [0.717, 1.165) is 10.0 Å². The van der Waals surface area contributed by atoms with Crippen molar-refractivity contribution in [3.05, 3.63) is 33.8 Å². The third kappa shape index (κ3) is 4.06. The smallest absolute Gasteiger partial charge is 0.326 e. The predicted molar refractivity (Wildman–Crippen MR) is 77.2 cm³/mol. The number of hydrogen-bond acceptors (Lipinski definition) is 2. The Morgan fingerprint density at radius 2 is 1.89 bits per heavy atom. The summed E-state index contributed by atoms with van der Waals surface area (Å²) in [6.07, 6.45) is 0. The van der Waals surface area contributed by atoms with Gasteiger partial charge in [0.15, 0.2) is 0 Å². The lowest BCUT2D eigenvalue weighted by atomic mass is 9.86. The number of rotatable bonds is 3. The molecular formula is C14H18BrNO3. The molecular weight excluding hydrogens is 310 g/mol. The topological polar surface area (TPSA) is 66.4 Å². The van der Waals surface area contributed by atoms with Crippen molar-refractivity contribution >= 4 is 27.8 Å². The number of aliphatic carboxylic acids is 1. The molecule has 0 spiro atoms. The van der Waals surface area contributed by atoms with Crippen LogP contribution in [0.4, 0.5) is 0 Å². The average molecular weight is 328 g/mol. The van der Waals surface area contributed by atoms with Gasteiger partial charge in [-0.2, -0.15) is 0 Å². The lowest BCUT2D eigenvalue weighted by Crippen LogP contribution is -2.49. The minimum absolute atomic E-state index is 0.368. The summed E-state index contributed by atoms with van der Waals surface area (Å²) in [6, 6.07) is 4.33. The summed E-state index contributed by atoms with van der Waals surface area (Å²) in [4.78, 5) is 23.4. The van der Waals surface area contributed by atoms with Gasteiger partial charge in [-0.05, 0) is 36.1 Å². The van der Waals surface area contributed by atoms with E-state index in [2.05, 4.69) is 21.2 Å². The fourth-order valence-electron chi connectivity index (χ4n) is 1.74. The molecule has 1 aromatic carbocycles. The Balaban J connectivity index is 2.98. The largest absolute Gasteiger partial charge is 0.480 e. The summed E-state index contributed by atoms with van der Waals surface area (Å²) >= 11 is 3.33. The molecule has 5 heteroatoms. The van der Waals surface area contributed by atoms with Crippen LogP contribution in [-0.4, -0.2) is 23.0 Å². The number of benzene rings is 1. The fourth-order valence-corrected chi connectivity index (χ4v) is 2.21. The predicted octanol–water partition coefficient (Wildman–Crippen LogP) is 2.99. The zero-order chi connectivity index (χ0) is 14.8. The van der Waals surface area contributed by atoms with Gasteiger partial charge in [-0.15, -0.1) is 0 Å². The van der Waals surface area contributed by atoms with Crippen LogP contribution in [0.3, 0.4) is 0 Å². The molecule has 0 radical (unpaired) electrons. The van der Waals surface area contributed by atoms with Crippen LogP contribution in [0.25, 0.3) is 0 Å². The number of carboxylic acids is 1. The maximum absolute atomic E-state index is 12.1. The fraction of sp³-hybridized carbons (Fsp3) is 0.429. The molecule has 1 amide bonds. The molecule has 19 heavy (non-hydrogen) atoms. The normalized spacial score (nSPS) is 12.9. The van der Waals surface area contributed by atoms with Crippen molar-refractivity contribution in [1.29, 1.82) is 0 Å². The third-order valence-electron chi connectivity index (χ3n) is 2.82. The minimum Gasteiger partial charge on any atom is -0.480 e. The Morgan fingerprint density at radius 3 is 2.32 bits per heavy atom. The van der Waals surface area contributed by atoms with Crippen molar-refractivity contribution in [2.45, 2.75) is 33.7 Å². The van der Waals surface area contributed by atoms with Crippen molar-refractivity contribution in [2.75, 3.05) is 0 Å². The summed E-state index contributed by atoms with van der Waals surface area (Å²) in [5.41, 5.74) is 0.730. The molecule has 1 unspecified atom stereocenters. The maximum atomic E-state index is 12.1. The molecule has 0 aliphatic rings. The molecule has 0 saturated carbocycles. The first kappa shape index (κ1) is 15.7. The van der Waals surface area contributed by atoms with Gasteiger partial charge in [-0.1, -0.05) is 36.7 Å². The van der Waals surface area contributed by atoms with E-state index in [4.69, 9.17) is 0 Å². The number of halogens is 1. The highest BCUT2D eigenvalue weighted by Crippen LogP contribution is 2.21. The Bertz CT molecular complexity index is 506. The van der Waals surface area contributed by atoms with Crippen LogP contribution in [0.2, 0.25) is 0 Å². The van der Waals surface area contributed by atoms with E-state index in [1.165, 1.54) is 0 Å². The maximum Gasteiger partial charge on any atom is 0.326 e. The monoisotopic (exact) mass is 327 g/mol. The summed E-state index contributed by atoms with van der Waals surface area (Å²) in [5, 5.41) is 11.8. The van der Waals surface area contributed by atoms with Crippen LogP contribution in [0.1, 0.15) is 36.7 Å². The highest BCUT2D eigenvalue weighted by molar-refractivity contribution is 9.10. The van der Waals surface area contributed by atoms with Gasteiger partial charge in [0.05, 0.1) is 0 Å². The van der Waals surface area contributed by atoms with Gasteiger partial charge < -0.3 is 10.4 Å². The van der Waals surface area contributed by atoms with E-state index in [1.54, 1.807) is 32.9 Å². The van der Waals surface area contributed by atoms with E-state index >= 15 is 0 Å². The molecule has 1 aromatic rings. The molecule has 104 valence electrons. The Labute approximate surface area is 121 Å². The van der Waals surface area contributed by atoms with Crippen molar-refractivity contribution < 1.29 is 14.7 Å². The Hall–Kier alpha value is -1.36. The molecule has 0 aromatic heterocycles. The SMILES string of the molecule is Cc1cc(Br)ccc1C(=O)NC(C(=O)O)C(C)(C)C. The molecule has 2 N–H and O–H groups in total. The molecule has 0 heterocycles. The van der Waals surface area contributed by atoms with Crippen molar-refractivity contribution in [1.82, 2.24) is 5.32 Å². The van der Waals surface area contributed by atoms with Gasteiger partial charge in [0, 0.05) is 10.0 Å². The molecule has 0 aliphatic carbocycles. The van der Waals surface area contributed by atoms with E-state index in [9.17, 15) is 14.7 Å². The first-order chi connectivity index (χ1) is 8.62. The number of carboxylic acid groups (broad SMARTS) is 1. The summed E-state index contributed by atoms with van der Waals surface area (Å²) in [5.74, 6) is -1.40. The molecule has 0 fully saturated rings. The standard InChI is InChI=1S/C14H18BrNO3/c1-8-7-9(15)5-6-10(8)12(17)16-11(13(18)19)14(2,3)4/h5-7,11H,1-4H3,(H,16,17)(H,18,19). The van der Waals surface area contributed by atoms with Crippen LogP contribution < -0.4 is 5.32 Å². The number of nitrogens with one attached hydrogen (secondary N) is 1. The molecule has 1 atom stereocenters. The quantitative estimate of drug-likeness (QED) is 0.896. The number of carbonyl (C=O) groups excluding carboxylic acids is 1. The second-order valence-corrected chi connectivity index (χ2v) is 6.49. The van der Waals surface area contributed by atoms with Gasteiger partial charge in [0.2, 0.25) is 0 Å². The zero-order valence-electron chi connectivity index (χ0n) is 11.5. The lowest BCUT2D eigenvalue weighted by molar-refractivity contribution is -0.142. The van der Waals surface area contributed by atoms with Crippen LogP contribution in [0.5, 0.6) is 0 Å². The van der Waals surface area contributed by atoms with Gasteiger partial charge in [-0.25, -0.2) is 4.79 Å². The number of aryl methyl sites for hydroxylation is 1.